The van der Waals surface area contributed by atoms with E-state index in [9.17, 15) is 4.79 Å². The predicted octanol–water partition coefficient (Wildman–Crippen LogP) is 2.09. The van der Waals surface area contributed by atoms with Crippen molar-refractivity contribution >= 4 is 5.97 Å². The molecular weight excluding hydrogens is 178 g/mol. The number of rotatable bonds is 5. The number of hydrogen-bond donors (Lipinski definition) is 1. The molecule has 0 aromatic carbocycles. The van der Waals surface area contributed by atoms with Crippen LogP contribution >= 0.6 is 0 Å². The fourth-order valence-electron chi connectivity index (χ4n) is 1.06. The normalized spacial score (nSPS) is 17.6. The van der Waals surface area contributed by atoms with Crippen molar-refractivity contribution in [2.45, 2.75) is 59.1 Å². The zero-order valence-corrected chi connectivity index (χ0v) is 9.96. The van der Waals surface area contributed by atoms with Gasteiger partial charge in [-0.05, 0) is 26.2 Å². The summed E-state index contributed by atoms with van der Waals surface area (Å²) in [4.78, 5) is 11.6. The Bertz CT molecular complexity index is 188. The minimum absolute atomic E-state index is 0.0674. The number of hydrogen-bond acceptors (Lipinski definition) is 3. The Labute approximate surface area is 87.0 Å². The van der Waals surface area contributed by atoms with Crippen LogP contribution in [0.25, 0.3) is 0 Å². The molecule has 0 aromatic heterocycles. The SMILES string of the molecule is CCCC(C)(N)C(=O)OC(C)C(C)C. The van der Waals surface area contributed by atoms with Gasteiger partial charge in [0, 0.05) is 0 Å². The molecule has 84 valence electrons. The van der Waals surface area contributed by atoms with Crippen molar-refractivity contribution in [2.75, 3.05) is 0 Å². The fourth-order valence-corrected chi connectivity index (χ4v) is 1.06. The molecular formula is C11H23NO2. The van der Waals surface area contributed by atoms with Gasteiger partial charge in [0.1, 0.15) is 11.6 Å². The van der Waals surface area contributed by atoms with E-state index in [0.717, 1.165) is 6.42 Å². The molecule has 3 nitrogen and oxygen atoms in total. The van der Waals surface area contributed by atoms with Crippen molar-refractivity contribution in [3.63, 3.8) is 0 Å². The second kappa shape index (κ2) is 5.35. The Hall–Kier alpha value is -0.570. The van der Waals surface area contributed by atoms with Crippen LogP contribution in [-0.4, -0.2) is 17.6 Å². The highest BCUT2D eigenvalue weighted by atomic mass is 16.5. The molecule has 0 aliphatic carbocycles. The average molecular weight is 201 g/mol. The molecule has 0 spiro atoms. The molecule has 0 fully saturated rings. The van der Waals surface area contributed by atoms with Crippen LogP contribution in [0, 0.1) is 5.92 Å². The number of nitrogens with two attached hydrogens (primary N) is 1. The van der Waals surface area contributed by atoms with Crippen molar-refractivity contribution in [1.29, 1.82) is 0 Å². The lowest BCUT2D eigenvalue weighted by Crippen LogP contribution is -2.47. The molecule has 2 atom stereocenters. The first-order valence-electron chi connectivity index (χ1n) is 5.31. The van der Waals surface area contributed by atoms with E-state index >= 15 is 0 Å². The highest BCUT2D eigenvalue weighted by Crippen LogP contribution is 2.14. The monoisotopic (exact) mass is 201 g/mol. The number of ether oxygens (including phenoxy) is 1. The molecule has 0 aliphatic rings. The van der Waals surface area contributed by atoms with Gasteiger partial charge in [0.05, 0.1) is 0 Å². The van der Waals surface area contributed by atoms with Gasteiger partial charge in [-0.15, -0.1) is 0 Å². The number of carbonyl (C=O) groups excluding carboxylic acids is 1. The summed E-state index contributed by atoms with van der Waals surface area (Å²) in [7, 11) is 0. The Morgan fingerprint density at radius 3 is 2.29 bits per heavy atom. The summed E-state index contributed by atoms with van der Waals surface area (Å²) in [5, 5.41) is 0. The lowest BCUT2D eigenvalue weighted by atomic mass is 9.97. The van der Waals surface area contributed by atoms with Crippen molar-refractivity contribution < 1.29 is 9.53 Å². The van der Waals surface area contributed by atoms with Crippen molar-refractivity contribution in [1.82, 2.24) is 0 Å². The van der Waals surface area contributed by atoms with Crippen LogP contribution in [0.5, 0.6) is 0 Å². The van der Waals surface area contributed by atoms with Crippen LogP contribution in [0.1, 0.15) is 47.5 Å². The zero-order chi connectivity index (χ0) is 11.4. The third-order valence-electron chi connectivity index (χ3n) is 2.47. The van der Waals surface area contributed by atoms with Gasteiger partial charge in [-0.1, -0.05) is 27.2 Å². The van der Waals surface area contributed by atoms with Crippen molar-refractivity contribution in [3.8, 4) is 0 Å². The maximum atomic E-state index is 11.6. The summed E-state index contributed by atoms with van der Waals surface area (Å²) in [6, 6.07) is 0. The van der Waals surface area contributed by atoms with Gasteiger partial charge in [-0.25, -0.2) is 0 Å². The molecule has 0 saturated carbocycles. The summed E-state index contributed by atoms with van der Waals surface area (Å²) < 4.78 is 5.27. The maximum Gasteiger partial charge on any atom is 0.326 e. The van der Waals surface area contributed by atoms with Crippen LogP contribution in [0.15, 0.2) is 0 Å². The first-order chi connectivity index (χ1) is 6.31. The third kappa shape index (κ3) is 4.09. The van der Waals surface area contributed by atoms with E-state index in [0.29, 0.717) is 12.3 Å². The zero-order valence-electron chi connectivity index (χ0n) is 9.96. The summed E-state index contributed by atoms with van der Waals surface area (Å²) in [5.41, 5.74) is 5.01. The minimum Gasteiger partial charge on any atom is -0.461 e. The molecule has 2 unspecified atom stereocenters. The molecule has 0 amide bonds. The lowest BCUT2D eigenvalue weighted by Gasteiger charge is -2.25. The Morgan fingerprint density at radius 1 is 1.43 bits per heavy atom. The summed E-state index contributed by atoms with van der Waals surface area (Å²) >= 11 is 0. The number of esters is 1. The van der Waals surface area contributed by atoms with E-state index in [-0.39, 0.29) is 12.1 Å². The second-order valence-electron chi connectivity index (χ2n) is 4.52. The van der Waals surface area contributed by atoms with Gasteiger partial charge in [0.2, 0.25) is 0 Å². The molecule has 0 heterocycles. The van der Waals surface area contributed by atoms with Gasteiger partial charge in [-0.2, -0.15) is 0 Å². The third-order valence-corrected chi connectivity index (χ3v) is 2.47. The first-order valence-corrected chi connectivity index (χ1v) is 5.31. The minimum atomic E-state index is -0.835. The second-order valence-corrected chi connectivity index (χ2v) is 4.52. The predicted molar refractivity (Wildman–Crippen MR) is 57.9 cm³/mol. The molecule has 0 rings (SSSR count). The van der Waals surface area contributed by atoms with E-state index in [4.69, 9.17) is 10.5 Å². The van der Waals surface area contributed by atoms with Crippen LogP contribution < -0.4 is 5.73 Å². The standard InChI is InChI=1S/C11H23NO2/c1-6-7-11(5,12)10(13)14-9(4)8(2)3/h8-9H,6-7,12H2,1-5H3. The van der Waals surface area contributed by atoms with Crippen LogP contribution in [0.4, 0.5) is 0 Å². The lowest BCUT2D eigenvalue weighted by molar-refractivity contribution is -0.156. The van der Waals surface area contributed by atoms with Crippen LogP contribution in [0.3, 0.4) is 0 Å². The number of carbonyl (C=O) groups is 1. The summed E-state index contributed by atoms with van der Waals surface area (Å²) in [6.45, 7) is 9.66. The van der Waals surface area contributed by atoms with Gasteiger partial charge in [-0.3, -0.25) is 4.79 Å². The molecule has 14 heavy (non-hydrogen) atoms. The largest absolute Gasteiger partial charge is 0.461 e. The van der Waals surface area contributed by atoms with Crippen molar-refractivity contribution in [3.05, 3.63) is 0 Å². The Morgan fingerprint density at radius 2 is 1.93 bits per heavy atom. The topological polar surface area (TPSA) is 52.3 Å². The fraction of sp³-hybridized carbons (Fsp3) is 0.909. The molecule has 0 aromatic rings. The smallest absolute Gasteiger partial charge is 0.326 e. The molecule has 0 saturated heterocycles. The van der Waals surface area contributed by atoms with E-state index < -0.39 is 5.54 Å². The molecule has 0 aliphatic heterocycles. The van der Waals surface area contributed by atoms with Gasteiger partial charge in [0.15, 0.2) is 0 Å². The van der Waals surface area contributed by atoms with E-state index in [2.05, 4.69) is 0 Å². The molecule has 0 bridgehead atoms. The van der Waals surface area contributed by atoms with Gasteiger partial charge < -0.3 is 10.5 Å². The molecule has 3 heteroatoms. The van der Waals surface area contributed by atoms with E-state index in [1.165, 1.54) is 0 Å². The first kappa shape index (κ1) is 13.4. The van der Waals surface area contributed by atoms with Gasteiger partial charge >= 0.3 is 5.97 Å². The van der Waals surface area contributed by atoms with E-state index in [1.807, 2.05) is 27.7 Å². The quantitative estimate of drug-likeness (QED) is 0.693. The van der Waals surface area contributed by atoms with E-state index in [1.54, 1.807) is 6.92 Å². The average Bonchev–Trinajstić information content (AvgIpc) is 2.03. The van der Waals surface area contributed by atoms with Crippen LogP contribution in [-0.2, 0) is 9.53 Å². The van der Waals surface area contributed by atoms with Crippen LogP contribution in [0.2, 0.25) is 0 Å². The highest BCUT2D eigenvalue weighted by Gasteiger charge is 2.30. The highest BCUT2D eigenvalue weighted by molar-refractivity contribution is 5.80. The summed E-state index contributed by atoms with van der Waals surface area (Å²) in [6.07, 6.45) is 1.48. The molecule has 2 N–H and O–H groups in total. The maximum absolute atomic E-state index is 11.6. The summed E-state index contributed by atoms with van der Waals surface area (Å²) in [5.74, 6) is 0.0388. The van der Waals surface area contributed by atoms with Crippen molar-refractivity contribution in [2.24, 2.45) is 11.7 Å². The molecule has 0 radical (unpaired) electrons. The Kier molecular flexibility index (Phi) is 5.13. The van der Waals surface area contributed by atoms with Gasteiger partial charge in [0.25, 0.3) is 0 Å². The Balaban J connectivity index is 4.19.